The van der Waals surface area contributed by atoms with Crippen LogP contribution in [0, 0.1) is 0 Å². The Hall–Kier alpha value is -3.32. The van der Waals surface area contributed by atoms with Gasteiger partial charge in [-0.2, -0.15) is 0 Å². The van der Waals surface area contributed by atoms with Crippen molar-refractivity contribution in [2.24, 2.45) is 0 Å². The molecule has 7 heteroatoms. The summed E-state index contributed by atoms with van der Waals surface area (Å²) in [4.78, 5) is 22.2. The van der Waals surface area contributed by atoms with Crippen molar-refractivity contribution >= 4 is 5.69 Å². The van der Waals surface area contributed by atoms with Gasteiger partial charge >= 0.3 is 0 Å². The molecule has 1 aliphatic rings. The van der Waals surface area contributed by atoms with Crippen LogP contribution in [0.25, 0.3) is 11.4 Å². The van der Waals surface area contributed by atoms with Gasteiger partial charge in [-0.05, 0) is 42.0 Å². The number of rotatable bonds is 3. The molecule has 1 aromatic heterocycles. The molecule has 1 aliphatic heterocycles. The number of nitrogen functional groups attached to an aromatic ring is 1. The van der Waals surface area contributed by atoms with E-state index in [4.69, 9.17) is 5.73 Å². The molecule has 0 fully saturated rings. The molecule has 7 nitrogen and oxygen atoms in total. The van der Waals surface area contributed by atoms with E-state index in [0.29, 0.717) is 36.6 Å². The maximum atomic E-state index is 12.6. The molecule has 0 saturated carbocycles. The molecule has 5 N–H and O–H groups in total. The maximum absolute atomic E-state index is 12.6. The minimum atomic E-state index is -0.141. The Balaban J connectivity index is 1.57. The van der Waals surface area contributed by atoms with Crippen LogP contribution in [0.5, 0.6) is 11.5 Å². The van der Waals surface area contributed by atoms with Crippen LogP contribution in [0.3, 0.4) is 0 Å². The Labute approximate surface area is 155 Å². The summed E-state index contributed by atoms with van der Waals surface area (Å²) in [7, 11) is 0. The number of benzene rings is 2. The lowest BCUT2D eigenvalue weighted by molar-refractivity contribution is 0.241. The smallest absolute Gasteiger partial charge is 0.255 e. The molecule has 0 atom stereocenters. The van der Waals surface area contributed by atoms with Gasteiger partial charge in [0.15, 0.2) is 11.5 Å². The van der Waals surface area contributed by atoms with E-state index in [1.807, 2.05) is 12.1 Å². The molecular formula is C20H20N4O3. The van der Waals surface area contributed by atoms with Crippen LogP contribution in [0.1, 0.15) is 16.8 Å². The summed E-state index contributed by atoms with van der Waals surface area (Å²) in [5.74, 6) is 0.270. The van der Waals surface area contributed by atoms with Gasteiger partial charge in [0, 0.05) is 37.3 Å². The van der Waals surface area contributed by atoms with E-state index in [2.05, 4.69) is 14.9 Å². The molecule has 138 valence electrons. The summed E-state index contributed by atoms with van der Waals surface area (Å²) in [5.41, 5.74) is 9.42. The zero-order chi connectivity index (χ0) is 19.0. The highest BCUT2D eigenvalue weighted by atomic mass is 16.3. The molecule has 2 heterocycles. The first-order valence-electron chi connectivity index (χ1n) is 8.71. The number of fused-ring (bicyclic) bond motifs is 1. The van der Waals surface area contributed by atoms with E-state index in [-0.39, 0.29) is 17.1 Å². The first-order valence-corrected chi connectivity index (χ1v) is 8.71. The van der Waals surface area contributed by atoms with Crippen LogP contribution in [-0.2, 0) is 19.5 Å². The van der Waals surface area contributed by atoms with E-state index >= 15 is 0 Å². The minimum absolute atomic E-state index is 0.134. The fourth-order valence-corrected chi connectivity index (χ4v) is 3.32. The lowest BCUT2D eigenvalue weighted by atomic mass is 10.1. The number of hydrogen-bond acceptors (Lipinski definition) is 6. The number of phenolic OH excluding ortho intramolecular Hbond substituents is 2. The van der Waals surface area contributed by atoms with Crippen LogP contribution in [0.2, 0.25) is 0 Å². The van der Waals surface area contributed by atoms with Crippen LogP contribution in [-0.4, -0.2) is 31.6 Å². The van der Waals surface area contributed by atoms with Crippen LogP contribution < -0.4 is 11.3 Å². The Morgan fingerprint density at radius 1 is 1.11 bits per heavy atom. The molecule has 3 aromatic rings. The van der Waals surface area contributed by atoms with Gasteiger partial charge in [0.05, 0.1) is 11.3 Å². The number of aromatic hydroxyl groups is 2. The second kappa shape index (κ2) is 6.77. The van der Waals surface area contributed by atoms with Crippen molar-refractivity contribution < 1.29 is 10.2 Å². The number of H-pyrrole nitrogens is 1. The van der Waals surface area contributed by atoms with E-state index in [1.165, 1.54) is 12.1 Å². The zero-order valence-electron chi connectivity index (χ0n) is 14.6. The van der Waals surface area contributed by atoms with Gasteiger partial charge in [-0.25, -0.2) is 4.98 Å². The lowest BCUT2D eigenvalue weighted by Crippen LogP contribution is -2.35. The number of anilines is 1. The molecule has 0 saturated heterocycles. The predicted octanol–water partition coefficient (Wildman–Crippen LogP) is 1.99. The van der Waals surface area contributed by atoms with Crippen molar-refractivity contribution in [1.82, 2.24) is 14.9 Å². The fraction of sp³-hybridized carbons (Fsp3) is 0.200. The summed E-state index contributed by atoms with van der Waals surface area (Å²) in [6.07, 6.45) is 0.672. The molecule has 0 unspecified atom stereocenters. The third kappa shape index (κ3) is 3.50. The highest BCUT2D eigenvalue weighted by Crippen LogP contribution is 2.26. The molecule has 0 radical (unpaired) electrons. The molecule has 27 heavy (non-hydrogen) atoms. The average Bonchev–Trinajstić information content (AvgIpc) is 2.66. The van der Waals surface area contributed by atoms with E-state index < -0.39 is 0 Å². The standard InChI is InChI=1S/C20H20N4O3/c21-14-4-2-13(3-5-14)19-22-16-7-8-24(11-15(16)20(27)23-19)10-12-1-6-17(25)18(26)9-12/h1-6,9,25-26H,7-8,10-11,21H2,(H,22,23,27). The number of nitrogens with two attached hydrogens (primary N) is 1. The van der Waals surface area contributed by atoms with Crippen LogP contribution in [0.4, 0.5) is 5.69 Å². The third-order valence-electron chi connectivity index (χ3n) is 4.78. The Kier molecular flexibility index (Phi) is 4.29. The summed E-state index contributed by atoms with van der Waals surface area (Å²) in [6.45, 7) is 1.82. The zero-order valence-corrected chi connectivity index (χ0v) is 14.6. The lowest BCUT2D eigenvalue weighted by Gasteiger charge is -2.27. The summed E-state index contributed by atoms with van der Waals surface area (Å²) < 4.78 is 0. The van der Waals surface area contributed by atoms with Crippen LogP contribution in [0.15, 0.2) is 47.3 Å². The van der Waals surface area contributed by atoms with Crippen molar-refractivity contribution in [2.45, 2.75) is 19.5 Å². The van der Waals surface area contributed by atoms with Gasteiger partial charge in [-0.1, -0.05) is 6.07 Å². The number of hydrogen-bond donors (Lipinski definition) is 4. The van der Waals surface area contributed by atoms with E-state index in [1.54, 1.807) is 18.2 Å². The third-order valence-corrected chi connectivity index (χ3v) is 4.78. The SMILES string of the molecule is Nc1ccc(-c2nc3c(c(=O)[nH]2)CN(Cc2ccc(O)c(O)c2)CC3)cc1. The largest absolute Gasteiger partial charge is 0.504 e. The molecule has 0 spiro atoms. The number of aromatic nitrogens is 2. The van der Waals surface area contributed by atoms with Gasteiger partial charge in [-0.15, -0.1) is 0 Å². The summed E-state index contributed by atoms with van der Waals surface area (Å²) in [6, 6.07) is 12.0. The van der Waals surface area contributed by atoms with Crippen molar-refractivity contribution in [1.29, 1.82) is 0 Å². The van der Waals surface area contributed by atoms with Gasteiger partial charge in [0.2, 0.25) is 0 Å². The second-order valence-corrected chi connectivity index (χ2v) is 6.75. The topological polar surface area (TPSA) is 115 Å². The van der Waals surface area contributed by atoms with Crippen molar-refractivity contribution in [3.63, 3.8) is 0 Å². The van der Waals surface area contributed by atoms with E-state index in [9.17, 15) is 15.0 Å². The maximum Gasteiger partial charge on any atom is 0.255 e. The normalized spacial score (nSPS) is 14.1. The molecule has 0 aliphatic carbocycles. The Bertz CT molecular complexity index is 1040. The van der Waals surface area contributed by atoms with Gasteiger partial charge in [0.1, 0.15) is 5.82 Å². The highest BCUT2D eigenvalue weighted by molar-refractivity contribution is 5.58. The quantitative estimate of drug-likeness (QED) is 0.417. The highest BCUT2D eigenvalue weighted by Gasteiger charge is 2.21. The van der Waals surface area contributed by atoms with Crippen LogP contribution >= 0.6 is 0 Å². The minimum Gasteiger partial charge on any atom is -0.504 e. The number of nitrogens with zero attached hydrogens (tertiary/aromatic N) is 2. The second-order valence-electron chi connectivity index (χ2n) is 6.75. The van der Waals surface area contributed by atoms with Gasteiger partial charge < -0.3 is 20.9 Å². The van der Waals surface area contributed by atoms with Crippen molar-refractivity contribution in [3.8, 4) is 22.9 Å². The molecular weight excluding hydrogens is 344 g/mol. The van der Waals surface area contributed by atoms with Gasteiger partial charge in [0.25, 0.3) is 5.56 Å². The number of nitrogens with one attached hydrogen (secondary N) is 1. The molecule has 4 rings (SSSR count). The van der Waals surface area contributed by atoms with Gasteiger partial charge in [-0.3, -0.25) is 9.69 Å². The fourth-order valence-electron chi connectivity index (χ4n) is 3.32. The Morgan fingerprint density at radius 2 is 1.89 bits per heavy atom. The van der Waals surface area contributed by atoms with Crippen molar-refractivity contribution in [2.75, 3.05) is 12.3 Å². The summed E-state index contributed by atoms with van der Waals surface area (Å²) >= 11 is 0. The van der Waals surface area contributed by atoms with Crippen molar-refractivity contribution in [3.05, 3.63) is 69.6 Å². The molecule has 0 bridgehead atoms. The first-order chi connectivity index (χ1) is 13.0. The number of phenols is 2. The van der Waals surface area contributed by atoms with E-state index in [0.717, 1.165) is 23.4 Å². The Morgan fingerprint density at radius 3 is 2.63 bits per heavy atom. The molecule has 0 amide bonds. The monoisotopic (exact) mass is 364 g/mol. The number of aromatic amines is 1. The predicted molar refractivity (Wildman–Crippen MR) is 102 cm³/mol. The molecule has 2 aromatic carbocycles. The summed E-state index contributed by atoms with van der Waals surface area (Å²) in [5, 5.41) is 19.1. The average molecular weight is 364 g/mol. The first kappa shape index (κ1) is 17.1.